The van der Waals surface area contributed by atoms with Crippen molar-refractivity contribution in [2.24, 2.45) is 34.8 Å². The molecule has 1 aromatic carbocycles. The summed E-state index contributed by atoms with van der Waals surface area (Å²) < 4.78 is 33.8. The summed E-state index contributed by atoms with van der Waals surface area (Å²) in [6, 6.07) is 5.12. The number of primary amides is 1. The van der Waals surface area contributed by atoms with Crippen LogP contribution in [0, 0.1) is 29.1 Å². The summed E-state index contributed by atoms with van der Waals surface area (Å²) >= 11 is 0. The maximum absolute atomic E-state index is 13.6. The van der Waals surface area contributed by atoms with E-state index in [4.69, 9.17) is 34.2 Å². The number of ether oxygens (including phenoxy) is 6. The van der Waals surface area contributed by atoms with Gasteiger partial charge in [-0.2, -0.15) is 0 Å². The molecule has 1 saturated heterocycles. The van der Waals surface area contributed by atoms with E-state index in [1.165, 1.54) is 12.0 Å². The number of nitrogens with zero attached hydrogens (tertiary/aromatic N) is 1. The van der Waals surface area contributed by atoms with E-state index in [0.717, 1.165) is 5.56 Å². The van der Waals surface area contributed by atoms with E-state index in [1.54, 1.807) is 28.1 Å². The van der Waals surface area contributed by atoms with Crippen LogP contribution >= 0.6 is 0 Å². The van der Waals surface area contributed by atoms with E-state index < -0.39 is 53.5 Å². The Hall–Kier alpha value is -3.62. The van der Waals surface area contributed by atoms with Crippen LogP contribution in [0.3, 0.4) is 0 Å². The Morgan fingerprint density at radius 2 is 1.73 bits per heavy atom. The van der Waals surface area contributed by atoms with Gasteiger partial charge in [0.05, 0.1) is 38.4 Å². The number of esters is 1. The van der Waals surface area contributed by atoms with Crippen LogP contribution in [0.2, 0.25) is 0 Å². The Kier molecular flexibility index (Phi) is 14.9. The van der Waals surface area contributed by atoms with E-state index in [1.807, 2.05) is 32.0 Å². The Balaban J connectivity index is 1.95. The molecule has 0 spiro atoms. The van der Waals surface area contributed by atoms with E-state index in [-0.39, 0.29) is 49.5 Å². The average Bonchev–Trinajstić information content (AvgIpc) is 3.75. The van der Waals surface area contributed by atoms with Crippen LogP contribution in [-0.4, -0.2) is 99.1 Å². The SMILES string of the molecule is COCCCOc1cc(C[C@@H](C[C@H]2[C@H](C[C@H](C(=O)NCC(C)(C)C(N)=O)C(C)C)OC(OC(=O)C3(O)CC3)N2C(=O)OC)C(C)C)ccc1OC. The number of methoxy groups -OCH3 is 3. The molecule has 14 heteroatoms. The third kappa shape index (κ3) is 11.2. The van der Waals surface area contributed by atoms with Crippen LogP contribution in [0.4, 0.5) is 4.79 Å². The Morgan fingerprint density at radius 3 is 2.27 bits per heavy atom. The summed E-state index contributed by atoms with van der Waals surface area (Å²) in [7, 11) is 4.46. The fraction of sp³-hybridized carbons (Fsp3) is 0.730. The van der Waals surface area contributed by atoms with Gasteiger partial charge in [0.1, 0.15) is 0 Å². The number of nitrogens with one attached hydrogen (secondary N) is 1. The van der Waals surface area contributed by atoms with E-state index in [9.17, 15) is 24.3 Å². The average molecular weight is 722 g/mol. The second kappa shape index (κ2) is 18.2. The fourth-order valence-corrected chi connectivity index (χ4v) is 6.06. The molecule has 1 saturated carbocycles. The largest absolute Gasteiger partial charge is 0.493 e. The van der Waals surface area contributed by atoms with Gasteiger partial charge in [-0.05, 0) is 81.4 Å². The summed E-state index contributed by atoms with van der Waals surface area (Å²) in [4.78, 5) is 53.2. The second-order valence-electron chi connectivity index (χ2n) is 15.0. The van der Waals surface area contributed by atoms with Gasteiger partial charge in [0.15, 0.2) is 17.1 Å². The maximum atomic E-state index is 13.6. The summed E-state index contributed by atoms with van der Waals surface area (Å²) in [6.07, 6.45) is -0.606. The summed E-state index contributed by atoms with van der Waals surface area (Å²) in [5.74, 6) is -1.14. The van der Waals surface area contributed by atoms with Crippen molar-refractivity contribution in [1.29, 1.82) is 0 Å². The highest BCUT2D eigenvalue weighted by molar-refractivity contribution is 5.83. The van der Waals surface area contributed by atoms with Crippen LogP contribution in [0.15, 0.2) is 18.2 Å². The summed E-state index contributed by atoms with van der Waals surface area (Å²) in [5.41, 5.74) is 3.94. The van der Waals surface area contributed by atoms with E-state index in [2.05, 4.69) is 19.2 Å². The molecule has 2 aliphatic rings. The molecule has 14 nitrogen and oxygen atoms in total. The molecule has 5 atom stereocenters. The van der Waals surface area contributed by atoms with Crippen molar-refractivity contribution < 1.29 is 52.7 Å². The molecule has 3 amide bonds. The minimum atomic E-state index is -1.62. The summed E-state index contributed by atoms with van der Waals surface area (Å²) in [5, 5.41) is 13.3. The van der Waals surface area contributed by atoms with Crippen LogP contribution < -0.4 is 20.5 Å². The zero-order valence-corrected chi connectivity index (χ0v) is 31.7. The van der Waals surface area contributed by atoms with Crippen molar-refractivity contribution in [2.75, 3.05) is 41.1 Å². The van der Waals surface area contributed by atoms with Gasteiger partial charge in [-0.3, -0.25) is 9.59 Å². The molecule has 2 fully saturated rings. The zero-order chi connectivity index (χ0) is 38.1. The molecule has 0 bridgehead atoms. The molecule has 1 unspecified atom stereocenters. The third-order valence-corrected chi connectivity index (χ3v) is 9.96. The Labute approximate surface area is 302 Å². The highest BCUT2D eigenvalue weighted by Crippen LogP contribution is 2.41. The molecule has 0 aromatic heterocycles. The molecule has 4 N–H and O–H groups in total. The number of rotatable bonds is 20. The lowest BCUT2D eigenvalue weighted by Crippen LogP contribution is -2.48. The Bertz CT molecular complexity index is 1350. The van der Waals surface area contributed by atoms with Crippen molar-refractivity contribution in [3.63, 3.8) is 0 Å². The smallest absolute Gasteiger partial charge is 0.414 e. The number of amides is 3. The van der Waals surface area contributed by atoms with Crippen LogP contribution in [0.5, 0.6) is 11.5 Å². The highest BCUT2D eigenvalue weighted by atomic mass is 16.7. The Morgan fingerprint density at radius 1 is 1.04 bits per heavy atom. The van der Waals surface area contributed by atoms with E-state index in [0.29, 0.717) is 44.0 Å². The van der Waals surface area contributed by atoms with Gasteiger partial charge < -0.3 is 44.6 Å². The van der Waals surface area contributed by atoms with Gasteiger partial charge >= 0.3 is 12.1 Å². The lowest BCUT2D eigenvalue weighted by Gasteiger charge is -2.33. The van der Waals surface area contributed by atoms with Crippen molar-refractivity contribution in [2.45, 2.75) is 104 Å². The standard InChI is InChI=1S/C37H59N3O11/c1-22(2)25(17-24-11-12-28(47-8)30(18-24)49-16-10-15-46-7)19-27-29(20-26(23(3)4)31(41)39-21-36(5,6)32(38)42)50-35(40(27)34(44)48-9)51-33(43)37(45)13-14-37/h11-12,18,22-23,25-27,29,35,45H,10,13-17,19-21H2,1-9H3,(H2,38,42)(H,39,41)/t25-,26-,27-,29-,35?/m0/s1. The predicted octanol–water partition coefficient (Wildman–Crippen LogP) is 3.79. The molecule has 1 aliphatic carbocycles. The van der Waals surface area contributed by atoms with Gasteiger partial charge in [0.25, 0.3) is 6.41 Å². The van der Waals surface area contributed by atoms with Crippen LogP contribution in [0.25, 0.3) is 0 Å². The molecule has 288 valence electrons. The van der Waals surface area contributed by atoms with Crippen molar-refractivity contribution in [3.8, 4) is 11.5 Å². The quantitative estimate of drug-likeness (QED) is 0.131. The minimum Gasteiger partial charge on any atom is -0.493 e. The normalized spacial score (nSPS) is 20.9. The molecule has 1 aliphatic heterocycles. The first-order valence-corrected chi connectivity index (χ1v) is 17.8. The van der Waals surface area contributed by atoms with Crippen molar-refractivity contribution in [1.82, 2.24) is 10.2 Å². The minimum absolute atomic E-state index is 0.0206. The van der Waals surface area contributed by atoms with Crippen LogP contribution in [-0.2, 0) is 39.8 Å². The number of benzene rings is 1. The molecular formula is C37H59N3O11. The number of carbonyl (C=O) groups excluding carboxylic acids is 4. The first-order valence-electron chi connectivity index (χ1n) is 17.8. The van der Waals surface area contributed by atoms with Crippen molar-refractivity contribution >= 4 is 23.9 Å². The first-order chi connectivity index (χ1) is 24.0. The summed E-state index contributed by atoms with van der Waals surface area (Å²) in [6.45, 7) is 12.4. The van der Waals surface area contributed by atoms with Gasteiger partial charge in [-0.1, -0.05) is 33.8 Å². The molecule has 1 heterocycles. The molecule has 1 aromatic rings. The number of hydrogen-bond acceptors (Lipinski definition) is 11. The van der Waals surface area contributed by atoms with Crippen molar-refractivity contribution in [3.05, 3.63) is 23.8 Å². The van der Waals surface area contributed by atoms with Gasteiger partial charge in [-0.15, -0.1) is 0 Å². The molecule has 0 radical (unpaired) electrons. The fourth-order valence-electron chi connectivity index (χ4n) is 6.06. The lowest BCUT2D eigenvalue weighted by atomic mass is 9.80. The lowest BCUT2D eigenvalue weighted by molar-refractivity contribution is -0.206. The molecule has 51 heavy (non-hydrogen) atoms. The predicted molar refractivity (Wildman–Crippen MR) is 188 cm³/mol. The molecule has 3 rings (SSSR count). The molecular weight excluding hydrogens is 662 g/mol. The van der Waals surface area contributed by atoms with E-state index >= 15 is 0 Å². The van der Waals surface area contributed by atoms with Gasteiger partial charge in [0, 0.05) is 32.6 Å². The number of aliphatic hydroxyl groups is 1. The number of nitrogens with two attached hydrogens (primary N) is 1. The van der Waals surface area contributed by atoms with Crippen LogP contribution in [0.1, 0.15) is 79.2 Å². The number of hydrogen-bond donors (Lipinski definition) is 3. The zero-order valence-electron chi connectivity index (χ0n) is 31.7. The monoisotopic (exact) mass is 721 g/mol. The topological polar surface area (TPSA) is 185 Å². The second-order valence-corrected chi connectivity index (χ2v) is 15.0. The third-order valence-electron chi connectivity index (χ3n) is 9.96. The van der Waals surface area contributed by atoms with Gasteiger partial charge in [0.2, 0.25) is 11.8 Å². The maximum Gasteiger partial charge on any atom is 0.414 e. The first kappa shape index (κ1) is 41.8. The number of carbonyl (C=O) groups is 4. The van der Waals surface area contributed by atoms with Gasteiger partial charge in [-0.25, -0.2) is 14.5 Å². The highest BCUT2D eigenvalue weighted by Gasteiger charge is 2.55.